The molecule has 3 heterocycles. The highest BCUT2D eigenvalue weighted by molar-refractivity contribution is 6.04. The van der Waals surface area contributed by atoms with Gasteiger partial charge in [0.2, 0.25) is 0 Å². The minimum absolute atomic E-state index is 0.311. The monoisotopic (exact) mass is 286 g/mol. The summed E-state index contributed by atoms with van der Waals surface area (Å²) in [6.45, 7) is 1.72. The maximum Gasteiger partial charge on any atom is 0.264 e. The molecule has 0 saturated carbocycles. The van der Waals surface area contributed by atoms with E-state index in [4.69, 9.17) is 0 Å². The van der Waals surface area contributed by atoms with E-state index in [1.807, 2.05) is 0 Å². The number of aromatic amines is 1. The lowest BCUT2D eigenvalue weighted by Crippen LogP contribution is -2.14. The molecule has 0 bridgehead atoms. The topological polar surface area (TPSA) is 119 Å². The number of hydrogen-bond acceptors (Lipinski definition) is 6. The summed E-state index contributed by atoms with van der Waals surface area (Å²) in [7, 11) is 0. The van der Waals surface area contributed by atoms with Gasteiger partial charge in [-0.05, 0) is 13.0 Å². The van der Waals surface area contributed by atoms with Gasteiger partial charge in [0.15, 0.2) is 5.82 Å². The van der Waals surface area contributed by atoms with Crippen molar-refractivity contribution in [2.24, 2.45) is 0 Å². The van der Waals surface area contributed by atoms with Gasteiger partial charge < -0.3 is 9.84 Å². The smallest absolute Gasteiger partial charge is 0.264 e. The van der Waals surface area contributed by atoms with Gasteiger partial charge in [-0.3, -0.25) is 9.59 Å². The van der Waals surface area contributed by atoms with Crippen LogP contribution in [0.2, 0.25) is 0 Å². The standard InChI is InChI=1S/C12H10N6O3/c1-7-9(12(20)15-8-4-14-21-6-8)5-13-18(7)10-2-3-11(19)17-16-10/h2-6H,1H3,(H,15,20)(H,17,19). The van der Waals surface area contributed by atoms with E-state index < -0.39 is 0 Å². The Morgan fingerprint density at radius 3 is 2.90 bits per heavy atom. The van der Waals surface area contributed by atoms with Crippen LogP contribution in [0.1, 0.15) is 16.1 Å². The van der Waals surface area contributed by atoms with Crippen LogP contribution in [-0.4, -0.2) is 31.0 Å². The molecule has 1 amide bonds. The first kappa shape index (κ1) is 12.8. The van der Waals surface area contributed by atoms with Gasteiger partial charge in [-0.15, -0.1) is 0 Å². The van der Waals surface area contributed by atoms with Crippen molar-refractivity contribution in [1.29, 1.82) is 0 Å². The Morgan fingerprint density at radius 1 is 1.38 bits per heavy atom. The number of anilines is 1. The summed E-state index contributed by atoms with van der Waals surface area (Å²) >= 11 is 0. The lowest BCUT2D eigenvalue weighted by atomic mass is 10.2. The number of carbonyl (C=O) groups is 1. The number of carbonyl (C=O) groups excluding carboxylic acids is 1. The van der Waals surface area contributed by atoms with E-state index >= 15 is 0 Å². The molecule has 0 atom stereocenters. The summed E-state index contributed by atoms with van der Waals surface area (Å²) in [5.74, 6) is 0.0718. The molecule has 3 aromatic heterocycles. The van der Waals surface area contributed by atoms with Crippen molar-refractivity contribution in [1.82, 2.24) is 25.1 Å². The molecular weight excluding hydrogens is 276 g/mol. The van der Waals surface area contributed by atoms with Gasteiger partial charge in [0.25, 0.3) is 11.5 Å². The van der Waals surface area contributed by atoms with Crippen LogP contribution in [0, 0.1) is 6.92 Å². The number of amides is 1. The maximum absolute atomic E-state index is 12.1. The van der Waals surface area contributed by atoms with Crippen molar-refractivity contribution in [2.75, 3.05) is 5.32 Å². The Bertz CT molecular complexity index is 813. The Morgan fingerprint density at radius 2 is 2.24 bits per heavy atom. The van der Waals surface area contributed by atoms with E-state index in [0.717, 1.165) is 0 Å². The molecular formula is C12H10N6O3. The number of nitrogens with one attached hydrogen (secondary N) is 2. The minimum Gasteiger partial charge on any atom is -0.363 e. The number of nitrogens with zero attached hydrogens (tertiary/aromatic N) is 4. The van der Waals surface area contributed by atoms with E-state index in [0.29, 0.717) is 22.8 Å². The largest absolute Gasteiger partial charge is 0.363 e. The van der Waals surface area contributed by atoms with Gasteiger partial charge in [-0.25, -0.2) is 9.78 Å². The van der Waals surface area contributed by atoms with E-state index in [1.54, 1.807) is 6.92 Å². The molecule has 3 rings (SSSR count). The van der Waals surface area contributed by atoms with Crippen molar-refractivity contribution < 1.29 is 9.32 Å². The van der Waals surface area contributed by atoms with Gasteiger partial charge in [0.05, 0.1) is 23.7 Å². The van der Waals surface area contributed by atoms with E-state index in [1.165, 1.54) is 35.5 Å². The molecule has 0 fully saturated rings. The summed E-state index contributed by atoms with van der Waals surface area (Å²) < 4.78 is 6.09. The molecule has 21 heavy (non-hydrogen) atoms. The summed E-state index contributed by atoms with van der Waals surface area (Å²) in [6.07, 6.45) is 4.13. The van der Waals surface area contributed by atoms with Gasteiger partial charge in [-0.1, -0.05) is 5.16 Å². The molecule has 0 aliphatic heterocycles. The van der Waals surface area contributed by atoms with Crippen molar-refractivity contribution in [3.8, 4) is 5.82 Å². The molecule has 2 N–H and O–H groups in total. The van der Waals surface area contributed by atoms with Gasteiger partial charge in [0.1, 0.15) is 12.0 Å². The molecule has 0 aliphatic rings. The zero-order valence-corrected chi connectivity index (χ0v) is 10.9. The number of H-pyrrole nitrogens is 1. The van der Waals surface area contributed by atoms with Gasteiger partial charge in [-0.2, -0.15) is 10.2 Å². The van der Waals surface area contributed by atoms with Crippen molar-refractivity contribution in [2.45, 2.75) is 6.92 Å². The summed E-state index contributed by atoms with van der Waals surface area (Å²) in [6, 6.07) is 2.85. The summed E-state index contributed by atoms with van der Waals surface area (Å²) in [4.78, 5) is 23.1. The van der Waals surface area contributed by atoms with Gasteiger partial charge in [0, 0.05) is 6.07 Å². The highest BCUT2D eigenvalue weighted by Gasteiger charge is 2.16. The molecule has 0 spiro atoms. The SMILES string of the molecule is Cc1c(C(=O)Nc2cnoc2)cnn1-c1ccc(=O)[nH]n1. The minimum atomic E-state index is -0.341. The quantitative estimate of drug-likeness (QED) is 0.723. The summed E-state index contributed by atoms with van der Waals surface area (Å²) in [5.41, 5.74) is 1.11. The van der Waals surface area contributed by atoms with E-state index in [2.05, 4.69) is 30.3 Å². The fourth-order valence-electron chi connectivity index (χ4n) is 1.78. The van der Waals surface area contributed by atoms with Crippen molar-refractivity contribution in [3.05, 3.63) is 52.4 Å². The fourth-order valence-corrected chi connectivity index (χ4v) is 1.78. The van der Waals surface area contributed by atoms with Crippen LogP contribution in [-0.2, 0) is 0 Å². The third kappa shape index (κ3) is 2.43. The van der Waals surface area contributed by atoms with Crippen LogP contribution >= 0.6 is 0 Å². The third-order valence-corrected chi connectivity index (χ3v) is 2.83. The van der Waals surface area contributed by atoms with Crippen LogP contribution in [0.25, 0.3) is 5.82 Å². The van der Waals surface area contributed by atoms with Gasteiger partial charge >= 0.3 is 0 Å². The van der Waals surface area contributed by atoms with Crippen molar-refractivity contribution >= 4 is 11.6 Å². The number of hydrogen-bond donors (Lipinski definition) is 2. The first-order valence-electron chi connectivity index (χ1n) is 5.96. The Balaban J connectivity index is 1.90. The Hall–Kier alpha value is -3.23. The Labute approximate surface area is 117 Å². The number of rotatable bonds is 3. The fraction of sp³-hybridized carbons (Fsp3) is 0.0833. The second kappa shape index (κ2) is 5.04. The molecule has 0 radical (unpaired) electrons. The molecule has 106 valence electrons. The Kier molecular flexibility index (Phi) is 3.07. The molecule has 9 heteroatoms. The molecule has 0 unspecified atom stereocenters. The lowest BCUT2D eigenvalue weighted by molar-refractivity contribution is 0.102. The highest BCUT2D eigenvalue weighted by Crippen LogP contribution is 2.13. The molecule has 0 aliphatic carbocycles. The second-order valence-electron chi connectivity index (χ2n) is 4.20. The predicted molar refractivity (Wildman–Crippen MR) is 71.2 cm³/mol. The van der Waals surface area contributed by atoms with E-state index in [-0.39, 0.29) is 11.5 Å². The average molecular weight is 286 g/mol. The van der Waals surface area contributed by atoms with Crippen molar-refractivity contribution in [3.63, 3.8) is 0 Å². The first-order valence-corrected chi connectivity index (χ1v) is 5.96. The predicted octanol–water partition coefficient (Wildman–Crippen LogP) is 0.504. The molecule has 3 aromatic rings. The summed E-state index contributed by atoms with van der Waals surface area (Å²) in [5, 5.41) is 16.4. The lowest BCUT2D eigenvalue weighted by Gasteiger charge is -2.03. The molecule has 0 saturated heterocycles. The maximum atomic E-state index is 12.1. The zero-order valence-electron chi connectivity index (χ0n) is 10.9. The highest BCUT2D eigenvalue weighted by atomic mass is 16.5. The van der Waals surface area contributed by atoms with E-state index in [9.17, 15) is 9.59 Å². The molecule has 9 nitrogen and oxygen atoms in total. The van der Waals surface area contributed by atoms with Crippen LogP contribution in [0.15, 0.2) is 40.1 Å². The zero-order chi connectivity index (χ0) is 14.8. The average Bonchev–Trinajstić information content (AvgIpc) is 3.09. The van der Waals surface area contributed by atoms with Crippen LogP contribution in [0.4, 0.5) is 5.69 Å². The first-order chi connectivity index (χ1) is 10.1. The van der Waals surface area contributed by atoms with Crippen LogP contribution in [0.3, 0.4) is 0 Å². The molecule has 0 aromatic carbocycles. The van der Waals surface area contributed by atoms with Crippen LogP contribution < -0.4 is 10.9 Å². The van der Waals surface area contributed by atoms with Crippen LogP contribution in [0.5, 0.6) is 0 Å². The normalized spacial score (nSPS) is 10.5. The third-order valence-electron chi connectivity index (χ3n) is 2.83. The second-order valence-corrected chi connectivity index (χ2v) is 4.20. The number of aromatic nitrogens is 5.